The fraction of sp³-hybridized carbons (Fsp3) is 0.300. The van der Waals surface area contributed by atoms with E-state index in [9.17, 15) is 13.6 Å². The number of hydrogen-bond donors (Lipinski definition) is 1. The summed E-state index contributed by atoms with van der Waals surface area (Å²) in [5.74, 6) is -1.40. The van der Waals surface area contributed by atoms with Crippen LogP contribution >= 0.6 is 0 Å². The van der Waals surface area contributed by atoms with Crippen LogP contribution in [0.4, 0.5) is 8.78 Å². The Morgan fingerprint density at radius 2 is 2.35 bits per heavy atom. The molecule has 0 atom stereocenters. The lowest BCUT2D eigenvalue weighted by Crippen LogP contribution is -2.08. The van der Waals surface area contributed by atoms with Crippen LogP contribution in [0.1, 0.15) is 23.4 Å². The number of carboxylic acid groups (broad SMARTS) is 1. The van der Waals surface area contributed by atoms with Gasteiger partial charge in [-0.15, -0.1) is 0 Å². The third kappa shape index (κ3) is 2.87. The molecule has 0 unspecified atom stereocenters. The molecule has 0 radical (unpaired) electrons. The molecule has 0 aliphatic carbocycles. The smallest absolute Gasteiger partial charge is 0.309 e. The maximum atomic E-state index is 12.7. The minimum absolute atomic E-state index is 0.100. The Balaban J connectivity index is 3.36. The molecule has 1 heterocycles. The second-order valence-corrected chi connectivity index (χ2v) is 3.06. The van der Waals surface area contributed by atoms with Crippen molar-refractivity contribution in [2.75, 3.05) is 7.11 Å². The van der Waals surface area contributed by atoms with Gasteiger partial charge in [-0.25, -0.2) is 13.8 Å². The predicted molar refractivity (Wildman–Crippen MR) is 51.8 cm³/mol. The zero-order valence-electron chi connectivity index (χ0n) is 8.78. The second kappa shape index (κ2) is 5.21. The highest BCUT2D eigenvalue weighted by atomic mass is 19.3. The molecule has 5 nitrogen and oxygen atoms in total. The van der Waals surface area contributed by atoms with Crippen LogP contribution in [-0.4, -0.2) is 23.2 Å². The third-order valence-corrected chi connectivity index (χ3v) is 1.98. The molecule has 0 amide bonds. The Hall–Kier alpha value is -2.23. The quantitative estimate of drug-likeness (QED) is 0.865. The first-order valence-corrected chi connectivity index (χ1v) is 4.47. The molecule has 0 spiro atoms. The molecule has 0 bridgehead atoms. The van der Waals surface area contributed by atoms with Crippen LogP contribution in [0.25, 0.3) is 0 Å². The van der Waals surface area contributed by atoms with Crippen LogP contribution < -0.4 is 4.74 Å². The topological polar surface area (TPSA) is 83.2 Å². The highest BCUT2D eigenvalue weighted by molar-refractivity contribution is 5.70. The Labute approximate surface area is 95.3 Å². The molecule has 1 aromatic rings. The maximum absolute atomic E-state index is 12.7. The van der Waals surface area contributed by atoms with Gasteiger partial charge in [-0.05, 0) is 6.07 Å². The highest BCUT2D eigenvalue weighted by Crippen LogP contribution is 2.28. The average Bonchev–Trinajstić information content (AvgIpc) is 2.27. The Morgan fingerprint density at radius 3 is 2.76 bits per heavy atom. The molecule has 0 saturated carbocycles. The molecule has 1 aromatic heterocycles. The van der Waals surface area contributed by atoms with Crippen molar-refractivity contribution < 1.29 is 23.4 Å². The van der Waals surface area contributed by atoms with Crippen molar-refractivity contribution in [2.24, 2.45) is 0 Å². The van der Waals surface area contributed by atoms with E-state index in [1.165, 1.54) is 7.11 Å². The number of ether oxygens (including phenoxy) is 1. The number of hydrogen-bond acceptors (Lipinski definition) is 4. The lowest BCUT2D eigenvalue weighted by atomic mass is 10.1. The summed E-state index contributed by atoms with van der Waals surface area (Å²) in [5.41, 5.74) is -1.08. The molecule has 0 saturated heterocycles. The third-order valence-electron chi connectivity index (χ3n) is 1.98. The first kappa shape index (κ1) is 12.8. The van der Waals surface area contributed by atoms with Crippen LogP contribution in [0.3, 0.4) is 0 Å². The van der Waals surface area contributed by atoms with Crippen molar-refractivity contribution in [3.05, 3.63) is 23.0 Å². The van der Waals surface area contributed by atoms with Crippen molar-refractivity contribution in [1.82, 2.24) is 4.98 Å². The Kier molecular flexibility index (Phi) is 3.93. The Bertz CT molecular complexity index is 483. The molecule has 7 heteroatoms. The minimum atomic E-state index is -2.88. The fourth-order valence-corrected chi connectivity index (χ4v) is 1.26. The SMILES string of the molecule is COc1cc(C(F)F)c(CC(=O)O)nc1C#N. The second-order valence-electron chi connectivity index (χ2n) is 3.06. The zero-order chi connectivity index (χ0) is 13.0. The van der Waals surface area contributed by atoms with E-state index < -0.39 is 24.4 Å². The number of nitriles is 1. The van der Waals surface area contributed by atoms with Crippen molar-refractivity contribution in [3.8, 4) is 11.8 Å². The number of carboxylic acids is 1. The number of rotatable bonds is 4. The molecule has 90 valence electrons. The standard InChI is InChI=1S/C10H8F2N2O3/c1-17-8-2-5(10(11)12)6(3-9(15)16)14-7(8)4-13/h2,10H,3H2,1H3,(H,15,16). The molecule has 17 heavy (non-hydrogen) atoms. The predicted octanol–water partition coefficient (Wildman–Crippen LogP) is 1.53. The molecule has 0 fully saturated rings. The van der Waals surface area contributed by atoms with Crippen LogP contribution in [0.2, 0.25) is 0 Å². The van der Waals surface area contributed by atoms with Gasteiger partial charge < -0.3 is 9.84 Å². The normalized spacial score (nSPS) is 10.1. The van der Waals surface area contributed by atoms with Crippen molar-refractivity contribution in [3.63, 3.8) is 0 Å². The number of nitrogens with zero attached hydrogens (tertiary/aromatic N) is 2. The van der Waals surface area contributed by atoms with Gasteiger partial charge in [-0.2, -0.15) is 5.26 Å². The van der Waals surface area contributed by atoms with Crippen molar-refractivity contribution in [2.45, 2.75) is 12.8 Å². The maximum Gasteiger partial charge on any atom is 0.309 e. The van der Waals surface area contributed by atoms with Gasteiger partial charge in [-0.1, -0.05) is 0 Å². The summed E-state index contributed by atoms with van der Waals surface area (Å²) < 4.78 is 30.0. The largest absolute Gasteiger partial charge is 0.494 e. The van der Waals surface area contributed by atoms with E-state index in [2.05, 4.69) is 4.98 Å². The number of carbonyl (C=O) groups is 1. The summed E-state index contributed by atoms with van der Waals surface area (Å²) in [4.78, 5) is 14.1. The lowest BCUT2D eigenvalue weighted by Gasteiger charge is -2.09. The van der Waals surface area contributed by atoms with E-state index >= 15 is 0 Å². The van der Waals surface area contributed by atoms with Crippen LogP contribution in [0.15, 0.2) is 6.07 Å². The summed E-state index contributed by atoms with van der Waals surface area (Å²) >= 11 is 0. The van der Waals surface area contributed by atoms with Gasteiger partial charge in [0, 0.05) is 5.56 Å². The highest BCUT2D eigenvalue weighted by Gasteiger charge is 2.20. The number of aromatic nitrogens is 1. The number of halogens is 2. The first-order chi connectivity index (χ1) is 7.99. The molecule has 0 aliphatic heterocycles. The molecule has 1 N–H and O–H groups in total. The molecular weight excluding hydrogens is 234 g/mol. The Morgan fingerprint density at radius 1 is 1.71 bits per heavy atom. The summed E-state index contributed by atoms with van der Waals surface area (Å²) in [6.07, 6.45) is -3.54. The van der Waals surface area contributed by atoms with Crippen LogP contribution in [0, 0.1) is 11.3 Å². The lowest BCUT2D eigenvalue weighted by molar-refractivity contribution is -0.136. The van der Waals surface area contributed by atoms with E-state index in [0.29, 0.717) is 0 Å². The molecular formula is C10H8F2N2O3. The van der Waals surface area contributed by atoms with Crippen LogP contribution in [0.5, 0.6) is 5.75 Å². The number of alkyl halides is 2. The summed E-state index contributed by atoms with van der Waals surface area (Å²) in [7, 11) is 1.21. The number of methoxy groups -OCH3 is 1. The van der Waals surface area contributed by atoms with Crippen molar-refractivity contribution >= 4 is 5.97 Å². The summed E-state index contributed by atoms with van der Waals surface area (Å²) in [6.45, 7) is 0. The van der Waals surface area contributed by atoms with E-state index in [0.717, 1.165) is 6.07 Å². The fourth-order valence-electron chi connectivity index (χ4n) is 1.26. The molecule has 1 rings (SSSR count). The van der Waals surface area contributed by atoms with E-state index in [1.54, 1.807) is 6.07 Å². The number of pyridine rings is 1. The van der Waals surface area contributed by atoms with E-state index in [-0.39, 0.29) is 17.1 Å². The zero-order valence-corrected chi connectivity index (χ0v) is 8.78. The van der Waals surface area contributed by atoms with Crippen LogP contribution in [-0.2, 0) is 11.2 Å². The van der Waals surface area contributed by atoms with Gasteiger partial charge in [0.2, 0.25) is 0 Å². The van der Waals surface area contributed by atoms with E-state index in [4.69, 9.17) is 15.1 Å². The molecule has 0 aliphatic rings. The van der Waals surface area contributed by atoms with Gasteiger partial charge in [0.05, 0.1) is 19.2 Å². The monoisotopic (exact) mass is 242 g/mol. The van der Waals surface area contributed by atoms with E-state index in [1.807, 2.05) is 0 Å². The number of aliphatic carboxylic acids is 1. The summed E-state index contributed by atoms with van der Waals surface area (Å²) in [5, 5.41) is 17.3. The van der Waals surface area contributed by atoms with Crippen molar-refractivity contribution in [1.29, 1.82) is 5.26 Å². The minimum Gasteiger partial charge on any atom is -0.494 e. The molecule has 0 aromatic carbocycles. The first-order valence-electron chi connectivity index (χ1n) is 4.47. The van der Waals surface area contributed by atoms with Gasteiger partial charge in [0.15, 0.2) is 11.4 Å². The van der Waals surface area contributed by atoms with Gasteiger partial charge in [0.25, 0.3) is 6.43 Å². The van der Waals surface area contributed by atoms with Gasteiger partial charge in [0.1, 0.15) is 6.07 Å². The van der Waals surface area contributed by atoms with Gasteiger partial charge >= 0.3 is 5.97 Å². The summed E-state index contributed by atoms with van der Waals surface area (Å²) in [6, 6.07) is 2.59. The average molecular weight is 242 g/mol. The van der Waals surface area contributed by atoms with Gasteiger partial charge in [-0.3, -0.25) is 4.79 Å².